The second-order valence-corrected chi connectivity index (χ2v) is 10.6. The lowest BCUT2D eigenvalue weighted by Gasteiger charge is -2.24. The Bertz CT molecular complexity index is 1220. The molecule has 0 aliphatic rings. The SMILES string of the molecule is Cc1cc(C=CC(=O)c2oc3cc(SC(C)C)ccc3c2C)cc(C)c1OC(C)(C)C(=O)O. The number of carbonyl (C=O) groups excluding carboxylic acids is 1. The molecule has 33 heavy (non-hydrogen) atoms. The number of allylic oxidation sites excluding steroid dienone is 1. The van der Waals surface area contributed by atoms with Gasteiger partial charge in [-0.25, -0.2) is 4.79 Å². The molecule has 1 N–H and O–H groups in total. The Morgan fingerprint density at radius 2 is 1.73 bits per heavy atom. The normalized spacial score (nSPS) is 12.1. The molecular formula is C27H30O5S. The Balaban J connectivity index is 1.85. The summed E-state index contributed by atoms with van der Waals surface area (Å²) in [6.45, 7) is 12.9. The van der Waals surface area contributed by atoms with Gasteiger partial charge in [0.15, 0.2) is 11.4 Å². The number of carboxylic acid groups (broad SMARTS) is 1. The van der Waals surface area contributed by atoms with E-state index in [0.717, 1.165) is 32.5 Å². The molecule has 3 aromatic rings. The van der Waals surface area contributed by atoms with E-state index in [1.165, 1.54) is 19.9 Å². The van der Waals surface area contributed by atoms with Crippen molar-refractivity contribution in [1.82, 2.24) is 0 Å². The molecule has 0 aliphatic heterocycles. The van der Waals surface area contributed by atoms with Crippen LogP contribution in [0.5, 0.6) is 5.75 Å². The summed E-state index contributed by atoms with van der Waals surface area (Å²) in [7, 11) is 0. The number of hydrogen-bond acceptors (Lipinski definition) is 5. The third-order valence-electron chi connectivity index (χ3n) is 5.29. The Labute approximate surface area is 198 Å². The molecule has 1 aromatic heterocycles. The van der Waals surface area contributed by atoms with Crippen molar-refractivity contribution in [1.29, 1.82) is 0 Å². The zero-order chi connectivity index (χ0) is 24.5. The van der Waals surface area contributed by atoms with Crippen LogP contribution in [0.2, 0.25) is 0 Å². The van der Waals surface area contributed by atoms with Gasteiger partial charge < -0.3 is 14.3 Å². The number of hydrogen-bond donors (Lipinski definition) is 1. The molecule has 0 bridgehead atoms. The van der Waals surface area contributed by atoms with E-state index in [4.69, 9.17) is 9.15 Å². The molecule has 1 heterocycles. The standard InChI is InChI=1S/C27H30O5S/c1-15(2)33-20-9-10-21-18(5)25(31-23(21)14-20)22(28)11-8-19-12-16(3)24(17(4)13-19)32-27(6,7)26(29)30/h8-15H,1-7H3,(H,29,30). The van der Waals surface area contributed by atoms with Crippen LogP contribution in [0.1, 0.15) is 60.5 Å². The summed E-state index contributed by atoms with van der Waals surface area (Å²) in [5, 5.41) is 10.7. The van der Waals surface area contributed by atoms with Gasteiger partial charge in [-0.2, -0.15) is 0 Å². The fourth-order valence-electron chi connectivity index (χ4n) is 3.57. The average Bonchev–Trinajstić information content (AvgIpc) is 3.04. The second kappa shape index (κ2) is 9.48. The maximum absolute atomic E-state index is 12.9. The van der Waals surface area contributed by atoms with Crippen molar-refractivity contribution in [2.75, 3.05) is 0 Å². The number of benzene rings is 2. The largest absolute Gasteiger partial charge is 0.478 e. The molecule has 0 spiro atoms. The summed E-state index contributed by atoms with van der Waals surface area (Å²) in [6.07, 6.45) is 3.24. The highest BCUT2D eigenvalue weighted by molar-refractivity contribution is 7.99. The second-order valence-electron chi connectivity index (χ2n) is 8.98. The topological polar surface area (TPSA) is 76.7 Å². The zero-order valence-corrected chi connectivity index (χ0v) is 20.9. The van der Waals surface area contributed by atoms with E-state index < -0.39 is 11.6 Å². The smallest absolute Gasteiger partial charge is 0.347 e. The van der Waals surface area contributed by atoms with Crippen LogP contribution in [-0.4, -0.2) is 27.7 Å². The van der Waals surface area contributed by atoms with E-state index in [1.807, 2.05) is 45.0 Å². The van der Waals surface area contributed by atoms with E-state index in [0.29, 0.717) is 22.3 Å². The summed E-state index contributed by atoms with van der Waals surface area (Å²) in [6, 6.07) is 9.78. The lowest BCUT2D eigenvalue weighted by Crippen LogP contribution is -2.38. The first-order valence-corrected chi connectivity index (χ1v) is 11.7. The average molecular weight is 467 g/mol. The fraction of sp³-hybridized carbons (Fsp3) is 0.333. The quantitative estimate of drug-likeness (QED) is 0.219. The zero-order valence-electron chi connectivity index (χ0n) is 20.1. The molecule has 0 saturated heterocycles. The number of ether oxygens (including phenoxy) is 1. The van der Waals surface area contributed by atoms with E-state index >= 15 is 0 Å². The van der Waals surface area contributed by atoms with Gasteiger partial charge in [-0.1, -0.05) is 19.9 Å². The predicted molar refractivity (Wildman–Crippen MR) is 134 cm³/mol. The molecule has 0 fully saturated rings. The van der Waals surface area contributed by atoms with Crippen molar-refractivity contribution in [3.05, 3.63) is 64.4 Å². The van der Waals surface area contributed by atoms with Gasteiger partial charge in [-0.3, -0.25) is 4.79 Å². The Morgan fingerprint density at radius 1 is 1.09 bits per heavy atom. The van der Waals surface area contributed by atoms with Crippen LogP contribution in [0.4, 0.5) is 0 Å². The number of furan rings is 1. The Morgan fingerprint density at radius 3 is 2.30 bits per heavy atom. The predicted octanol–water partition coefficient (Wildman–Crippen LogP) is 7.00. The Hall–Kier alpha value is -2.99. The number of carboxylic acids is 1. The summed E-state index contributed by atoms with van der Waals surface area (Å²) in [5.41, 5.74) is 2.62. The van der Waals surface area contributed by atoms with E-state index in [1.54, 1.807) is 17.8 Å². The van der Waals surface area contributed by atoms with Gasteiger partial charge in [0.2, 0.25) is 5.78 Å². The third kappa shape index (κ3) is 5.50. The number of ketones is 1. The van der Waals surface area contributed by atoms with Crippen molar-refractivity contribution in [2.24, 2.45) is 0 Å². The number of aryl methyl sites for hydroxylation is 3. The highest BCUT2D eigenvalue weighted by atomic mass is 32.2. The van der Waals surface area contributed by atoms with Gasteiger partial charge in [0.1, 0.15) is 11.3 Å². The first-order valence-electron chi connectivity index (χ1n) is 10.8. The molecular weight excluding hydrogens is 436 g/mol. The van der Waals surface area contributed by atoms with Crippen LogP contribution >= 0.6 is 11.8 Å². The third-order valence-corrected chi connectivity index (χ3v) is 6.28. The first-order chi connectivity index (χ1) is 15.4. The summed E-state index contributed by atoms with van der Waals surface area (Å²) in [4.78, 5) is 25.4. The van der Waals surface area contributed by atoms with Crippen LogP contribution in [-0.2, 0) is 4.79 Å². The van der Waals surface area contributed by atoms with Crippen LogP contribution in [0, 0.1) is 20.8 Å². The van der Waals surface area contributed by atoms with Gasteiger partial charge in [-0.15, -0.1) is 11.8 Å². The van der Waals surface area contributed by atoms with Crippen LogP contribution in [0.25, 0.3) is 17.0 Å². The van der Waals surface area contributed by atoms with Crippen molar-refractivity contribution in [3.63, 3.8) is 0 Å². The maximum Gasteiger partial charge on any atom is 0.347 e. The van der Waals surface area contributed by atoms with E-state index in [9.17, 15) is 14.7 Å². The van der Waals surface area contributed by atoms with Crippen molar-refractivity contribution in [3.8, 4) is 5.75 Å². The summed E-state index contributed by atoms with van der Waals surface area (Å²) < 4.78 is 11.7. The minimum atomic E-state index is -1.34. The number of rotatable bonds is 8. The highest BCUT2D eigenvalue weighted by Crippen LogP contribution is 2.32. The van der Waals surface area contributed by atoms with E-state index in [2.05, 4.69) is 19.9 Å². The molecule has 2 aromatic carbocycles. The lowest BCUT2D eigenvalue weighted by atomic mass is 10.0. The number of aliphatic carboxylic acids is 1. The lowest BCUT2D eigenvalue weighted by molar-refractivity contribution is -0.152. The van der Waals surface area contributed by atoms with Gasteiger partial charge in [0.25, 0.3) is 0 Å². The molecule has 3 rings (SSSR count). The van der Waals surface area contributed by atoms with Crippen molar-refractivity contribution in [2.45, 2.75) is 64.2 Å². The van der Waals surface area contributed by atoms with Gasteiger partial charge in [0, 0.05) is 21.1 Å². The molecule has 5 nitrogen and oxygen atoms in total. The minimum absolute atomic E-state index is 0.204. The molecule has 174 valence electrons. The minimum Gasteiger partial charge on any atom is -0.478 e. The van der Waals surface area contributed by atoms with E-state index in [-0.39, 0.29) is 5.78 Å². The fourth-order valence-corrected chi connectivity index (χ4v) is 4.44. The maximum atomic E-state index is 12.9. The van der Waals surface area contributed by atoms with Gasteiger partial charge in [0.05, 0.1) is 0 Å². The van der Waals surface area contributed by atoms with Crippen LogP contribution in [0.15, 0.2) is 45.7 Å². The number of carbonyl (C=O) groups is 2. The molecule has 0 unspecified atom stereocenters. The number of fused-ring (bicyclic) bond motifs is 1. The Kier molecular flexibility index (Phi) is 7.08. The molecule has 6 heteroatoms. The molecule has 0 aliphatic carbocycles. The molecule has 0 atom stereocenters. The van der Waals surface area contributed by atoms with Crippen molar-refractivity contribution < 1.29 is 23.8 Å². The van der Waals surface area contributed by atoms with Crippen LogP contribution in [0.3, 0.4) is 0 Å². The molecule has 0 radical (unpaired) electrons. The summed E-state index contributed by atoms with van der Waals surface area (Å²) >= 11 is 1.75. The highest BCUT2D eigenvalue weighted by Gasteiger charge is 2.30. The molecule has 0 saturated carbocycles. The van der Waals surface area contributed by atoms with Gasteiger partial charge in [-0.05, 0) is 87.7 Å². The monoisotopic (exact) mass is 466 g/mol. The number of thioether (sulfide) groups is 1. The van der Waals surface area contributed by atoms with Crippen LogP contribution < -0.4 is 4.74 Å². The van der Waals surface area contributed by atoms with Gasteiger partial charge >= 0.3 is 5.97 Å². The molecule has 0 amide bonds. The summed E-state index contributed by atoms with van der Waals surface area (Å²) in [5.74, 6) is -0.366. The van der Waals surface area contributed by atoms with Crippen molar-refractivity contribution >= 4 is 40.6 Å². The first kappa shape index (κ1) is 24.6.